The van der Waals surface area contributed by atoms with Gasteiger partial charge in [-0.25, -0.2) is 0 Å². The monoisotopic (exact) mass is 183 g/mol. The zero-order valence-electron chi connectivity index (χ0n) is 6.50. The molecule has 1 aliphatic heterocycles. The highest BCUT2D eigenvalue weighted by atomic mass is 32.1. The number of nitrogens with two attached hydrogens (primary N) is 1. The summed E-state index contributed by atoms with van der Waals surface area (Å²) < 4.78 is 5.25. The number of carbonyl (C=O) groups is 1. The van der Waals surface area contributed by atoms with Crippen molar-refractivity contribution in [3.8, 4) is 0 Å². The summed E-state index contributed by atoms with van der Waals surface area (Å²) in [5, 5.41) is 1.82. The Morgan fingerprint density at radius 1 is 1.67 bits per heavy atom. The first-order chi connectivity index (χ1) is 5.79. The van der Waals surface area contributed by atoms with Crippen molar-refractivity contribution in [3.05, 3.63) is 21.4 Å². The zero-order valence-corrected chi connectivity index (χ0v) is 7.32. The Hall–Kier alpha value is -0.870. The predicted molar refractivity (Wildman–Crippen MR) is 46.2 cm³/mol. The molecular weight excluding hydrogens is 174 g/mol. The first-order valence-electron chi connectivity index (χ1n) is 3.76. The topological polar surface area (TPSA) is 52.3 Å². The number of hydrogen-bond donors (Lipinski definition) is 1. The van der Waals surface area contributed by atoms with Gasteiger partial charge in [0.05, 0.1) is 18.8 Å². The van der Waals surface area contributed by atoms with Crippen LogP contribution in [0.2, 0.25) is 0 Å². The number of rotatable bonds is 1. The van der Waals surface area contributed by atoms with Crippen LogP contribution in [0.5, 0.6) is 0 Å². The summed E-state index contributed by atoms with van der Waals surface area (Å²) in [6.07, 6.45) is 0.817. The fourth-order valence-electron chi connectivity index (χ4n) is 1.36. The van der Waals surface area contributed by atoms with E-state index in [1.165, 1.54) is 0 Å². The SMILES string of the molecule is NC(=O)c1csc2c1CCOC2. The molecule has 0 saturated carbocycles. The van der Waals surface area contributed by atoms with Gasteiger partial charge in [-0.05, 0) is 12.0 Å². The van der Waals surface area contributed by atoms with Crippen LogP contribution in [0.25, 0.3) is 0 Å². The molecule has 0 aromatic carbocycles. The van der Waals surface area contributed by atoms with Crippen LogP contribution < -0.4 is 5.73 Å². The molecule has 0 aliphatic carbocycles. The summed E-state index contributed by atoms with van der Waals surface area (Å²) in [6.45, 7) is 1.33. The number of primary amides is 1. The van der Waals surface area contributed by atoms with Gasteiger partial charge in [0.1, 0.15) is 0 Å². The Morgan fingerprint density at radius 2 is 2.50 bits per heavy atom. The van der Waals surface area contributed by atoms with E-state index in [1.54, 1.807) is 11.3 Å². The second kappa shape index (κ2) is 2.88. The molecule has 4 heteroatoms. The van der Waals surface area contributed by atoms with Crippen molar-refractivity contribution >= 4 is 17.2 Å². The van der Waals surface area contributed by atoms with Gasteiger partial charge in [-0.2, -0.15) is 0 Å². The fourth-order valence-corrected chi connectivity index (χ4v) is 2.39. The maximum atomic E-state index is 10.9. The number of carbonyl (C=O) groups excluding carboxylic acids is 1. The van der Waals surface area contributed by atoms with Crippen molar-refractivity contribution in [1.29, 1.82) is 0 Å². The smallest absolute Gasteiger partial charge is 0.249 e. The number of amides is 1. The first-order valence-corrected chi connectivity index (χ1v) is 4.64. The molecule has 0 bridgehead atoms. The van der Waals surface area contributed by atoms with Gasteiger partial charge in [-0.3, -0.25) is 4.79 Å². The lowest BCUT2D eigenvalue weighted by Gasteiger charge is -2.12. The Morgan fingerprint density at radius 3 is 3.25 bits per heavy atom. The predicted octanol–water partition coefficient (Wildman–Crippen LogP) is 0.920. The van der Waals surface area contributed by atoms with Gasteiger partial charge in [-0.15, -0.1) is 11.3 Å². The van der Waals surface area contributed by atoms with Crippen LogP contribution >= 0.6 is 11.3 Å². The van der Waals surface area contributed by atoms with Crippen molar-refractivity contribution in [2.45, 2.75) is 13.0 Å². The molecule has 1 aliphatic rings. The van der Waals surface area contributed by atoms with E-state index in [2.05, 4.69) is 0 Å². The fraction of sp³-hybridized carbons (Fsp3) is 0.375. The lowest BCUT2D eigenvalue weighted by atomic mass is 10.1. The highest BCUT2D eigenvalue weighted by Crippen LogP contribution is 2.26. The quantitative estimate of drug-likeness (QED) is 0.703. The van der Waals surface area contributed by atoms with E-state index >= 15 is 0 Å². The second-order valence-corrected chi connectivity index (χ2v) is 3.68. The standard InChI is InChI=1S/C8H9NO2S/c9-8(10)6-4-12-7-3-11-2-1-5(6)7/h4H,1-3H2,(H2,9,10). The molecule has 1 amide bonds. The summed E-state index contributed by atoms with van der Waals surface area (Å²) in [6, 6.07) is 0. The van der Waals surface area contributed by atoms with E-state index in [-0.39, 0.29) is 5.91 Å². The van der Waals surface area contributed by atoms with Crippen molar-refractivity contribution in [3.63, 3.8) is 0 Å². The van der Waals surface area contributed by atoms with Gasteiger partial charge in [0.2, 0.25) is 5.91 Å². The minimum absolute atomic E-state index is 0.325. The van der Waals surface area contributed by atoms with E-state index in [1.807, 2.05) is 5.38 Å². The molecule has 0 saturated heterocycles. The van der Waals surface area contributed by atoms with Gasteiger partial charge in [-0.1, -0.05) is 0 Å². The van der Waals surface area contributed by atoms with E-state index in [0.29, 0.717) is 18.8 Å². The molecule has 12 heavy (non-hydrogen) atoms. The third kappa shape index (κ3) is 1.13. The largest absolute Gasteiger partial charge is 0.376 e. The maximum absolute atomic E-state index is 10.9. The Balaban J connectivity index is 2.44. The van der Waals surface area contributed by atoms with E-state index in [0.717, 1.165) is 16.9 Å². The van der Waals surface area contributed by atoms with Gasteiger partial charge in [0.25, 0.3) is 0 Å². The summed E-state index contributed by atoms with van der Waals surface area (Å²) in [4.78, 5) is 12.1. The minimum atomic E-state index is -0.325. The second-order valence-electron chi connectivity index (χ2n) is 2.72. The normalized spacial score (nSPS) is 15.7. The van der Waals surface area contributed by atoms with Crippen molar-refractivity contribution in [2.75, 3.05) is 6.61 Å². The molecule has 0 fully saturated rings. The van der Waals surface area contributed by atoms with E-state index in [4.69, 9.17) is 10.5 Å². The average Bonchev–Trinajstić information content (AvgIpc) is 2.47. The van der Waals surface area contributed by atoms with Gasteiger partial charge < -0.3 is 10.5 Å². The van der Waals surface area contributed by atoms with Crippen LogP contribution in [-0.4, -0.2) is 12.5 Å². The van der Waals surface area contributed by atoms with Crippen molar-refractivity contribution in [2.24, 2.45) is 5.73 Å². The summed E-state index contributed by atoms with van der Waals surface area (Å²) in [5.74, 6) is -0.325. The van der Waals surface area contributed by atoms with Crippen LogP contribution in [-0.2, 0) is 17.8 Å². The van der Waals surface area contributed by atoms with Crippen LogP contribution in [0.3, 0.4) is 0 Å². The van der Waals surface area contributed by atoms with Crippen LogP contribution in [0.15, 0.2) is 5.38 Å². The van der Waals surface area contributed by atoms with Crippen LogP contribution in [0.1, 0.15) is 20.8 Å². The number of fused-ring (bicyclic) bond motifs is 1. The molecular formula is C8H9NO2S. The highest BCUT2D eigenvalue weighted by molar-refractivity contribution is 7.10. The highest BCUT2D eigenvalue weighted by Gasteiger charge is 2.18. The summed E-state index contributed by atoms with van der Waals surface area (Å²) >= 11 is 1.55. The molecule has 3 nitrogen and oxygen atoms in total. The summed E-state index contributed by atoms with van der Waals surface area (Å²) in [7, 11) is 0. The lowest BCUT2D eigenvalue weighted by Crippen LogP contribution is -2.15. The Labute approximate surface area is 74.1 Å². The molecule has 0 atom stereocenters. The average molecular weight is 183 g/mol. The molecule has 2 N–H and O–H groups in total. The Kier molecular flexibility index (Phi) is 1.86. The van der Waals surface area contributed by atoms with Crippen LogP contribution in [0, 0.1) is 0 Å². The van der Waals surface area contributed by atoms with Gasteiger partial charge in [0.15, 0.2) is 0 Å². The molecule has 1 aromatic rings. The molecule has 1 aromatic heterocycles. The van der Waals surface area contributed by atoms with Gasteiger partial charge >= 0.3 is 0 Å². The Bertz CT molecular complexity index is 319. The first kappa shape index (κ1) is 7.76. The third-order valence-electron chi connectivity index (χ3n) is 1.98. The van der Waals surface area contributed by atoms with Crippen molar-refractivity contribution in [1.82, 2.24) is 0 Å². The number of hydrogen-bond acceptors (Lipinski definition) is 3. The number of thiophene rings is 1. The van der Waals surface area contributed by atoms with E-state index < -0.39 is 0 Å². The lowest BCUT2D eigenvalue weighted by molar-refractivity contribution is 0.0990. The number of ether oxygens (including phenoxy) is 1. The molecule has 0 spiro atoms. The molecule has 0 unspecified atom stereocenters. The third-order valence-corrected chi connectivity index (χ3v) is 2.98. The summed E-state index contributed by atoms with van der Waals surface area (Å²) in [5.41, 5.74) is 6.98. The molecule has 0 radical (unpaired) electrons. The molecule has 2 heterocycles. The molecule has 2 rings (SSSR count). The molecule has 64 valence electrons. The van der Waals surface area contributed by atoms with Crippen molar-refractivity contribution < 1.29 is 9.53 Å². The van der Waals surface area contributed by atoms with Gasteiger partial charge in [0, 0.05) is 10.3 Å². The zero-order chi connectivity index (χ0) is 8.55. The minimum Gasteiger partial charge on any atom is -0.376 e. The van der Waals surface area contributed by atoms with E-state index in [9.17, 15) is 4.79 Å². The maximum Gasteiger partial charge on any atom is 0.249 e. The van der Waals surface area contributed by atoms with Crippen LogP contribution in [0.4, 0.5) is 0 Å².